The molecule has 3 rings (SSSR count). The van der Waals surface area contributed by atoms with E-state index < -0.39 is 20.5 Å². The summed E-state index contributed by atoms with van der Waals surface area (Å²) in [7, 11) is -3.04. The molecule has 2 aromatic rings. The molecule has 0 unspecified atom stereocenters. The molecule has 1 fully saturated rings. The van der Waals surface area contributed by atoms with Crippen LogP contribution in [0, 0.1) is 0 Å². The second-order valence-corrected chi connectivity index (χ2v) is 9.40. The minimum Gasteiger partial charge on any atom is -0.497 e. The molecule has 1 aliphatic rings. The van der Waals surface area contributed by atoms with Gasteiger partial charge in [0.15, 0.2) is 0 Å². The Bertz CT molecular complexity index is 980. The van der Waals surface area contributed by atoms with Gasteiger partial charge in [-0.2, -0.15) is 8.78 Å². The maximum Gasteiger partial charge on any atom is 0.341 e. The van der Waals surface area contributed by atoms with E-state index in [1.165, 1.54) is 12.1 Å². The van der Waals surface area contributed by atoms with Crippen LogP contribution >= 0.6 is 0 Å². The lowest BCUT2D eigenvalue weighted by molar-refractivity contribution is -0.117. The van der Waals surface area contributed by atoms with Crippen molar-refractivity contribution in [2.75, 3.05) is 25.5 Å². The summed E-state index contributed by atoms with van der Waals surface area (Å²) in [6.45, 7) is 0.962. The number of methoxy groups -OCH3 is 1. The van der Waals surface area contributed by atoms with Crippen LogP contribution in [0.2, 0.25) is 0 Å². The number of sulfone groups is 1. The van der Waals surface area contributed by atoms with Crippen LogP contribution in [-0.2, 0) is 14.6 Å². The Kier molecular flexibility index (Phi) is 7.61. The lowest BCUT2D eigenvalue weighted by Gasteiger charge is -2.29. The van der Waals surface area contributed by atoms with E-state index in [0.717, 1.165) is 55.7 Å². The van der Waals surface area contributed by atoms with Gasteiger partial charge in [0.2, 0.25) is 15.7 Å². The number of benzene rings is 2. The Balaban J connectivity index is 1.68. The molecule has 0 aromatic heterocycles. The molecule has 2 aromatic carbocycles. The minimum absolute atomic E-state index is 0.109. The predicted octanol–water partition coefficient (Wildman–Crippen LogP) is 4.25. The van der Waals surface area contributed by atoms with Gasteiger partial charge >= 0.3 is 5.76 Å². The highest BCUT2D eigenvalue weighted by Crippen LogP contribution is 2.31. The highest BCUT2D eigenvalue weighted by Gasteiger charge is 2.27. The number of anilines is 1. The van der Waals surface area contributed by atoms with Crippen molar-refractivity contribution in [3.63, 3.8) is 0 Å². The zero-order valence-electron chi connectivity index (χ0n) is 17.3. The molecular formula is C22H26F2N2O4S. The molecule has 1 saturated heterocycles. The van der Waals surface area contributed by atoms with Gasteiger partial charge in [-0.1, -0.05) is 25.0 Å². The van der Waals surface area contributed by atoms with Crippen molar-refractivity contribution in [1.29, 1.82) is 0 Å². The van der Waals surface area contributed by atoms with E-state index >= 15 is 0 Å². The summed E-state index contributed by atoms with van der Waals surface area (Å²) < 4.78 is 53.6. The van der Waals surface area contributed by atoms with Gasteiger partial charge in [-0.25, -0.2) is 8.42 Å². The number of halogens is 2. The Labute approximate surface area is 181 Å². The number of amides is 1. The number of ether oxygens (including phenoxy) is 1. The van der Waals surface area contributed by atoms with E-state index in [0.29, 0.717) is 5.69 Å². The maximum absolute atomic E-state index is 12.7. The standard InChI is InChI=1S/C22H26F2N2O4S/c1-30-18-10-6-16(7-11-18)20-5-3-2-4-14-26(20)15-21(27)25-17-8-12-19(13-9-17)31(28,29)22(23)24/h6-13,20,22H,2-5,14-15H2,1H3,(H,25,27)/t20-/m0/s1. The molecule has 0 radical (unpaired) electrons. The van der Waals surface area contributed by atoms with E-state index in [9.17, 15) is 22.0 Å². The monoisotopic (exact) mass is 452 g/mol. The number of nitrogens with one attached hydrogen (secondary N) is 1. The fraction of sp³-hybridized carbons (Fsp3) is 0.409. The van der Waals surface area contributed by atoms with Crippen LogP contribution in [0.1, 0.15) is 37.3 Å². The second kappa shape index (κ2) is 10.2. The molecule has 1 N–H and O–H groups in total. The first kappa shape index (κ1) is 23.1. The number of hydrogen-bond donors (Lipinski definition) is 1. The number of likely N-dealkylation sites (tertiary alicyclic amines) is 1. The third-order valence-corrected chi connectivity index (χ3v) is 6.81. The van der Waals surface area contributed by atoms with Crippen molar-refractivity contribution in [3.05, 3.63) is 54.1 Å². The molecule has 0 spiro atoms. The van der Waals surface area contributed by atoms with E-state index in [1.807, 2.05) is 24.3 Å². The minimum atomic E-state index is -4.66. The summed E-state index contributed by atoms with van der Waals surface area (Å²) in [4.78, 5) is 14.3. The number of carbonyl (C=O) groups excluding carboxylic acids is 1. The summed E-state index contributed by atoms with van der Waals surface area (Å²) in [6, 6.07) is 12.7. The molecule has 0 saturated carbocycles. The van der Waals surface area contributed by atoms with Gasteiger partial charge in [0.25, 0.3) is 0 Å². The Morgan fingerprint density at radius 1 is 1.10 bits per heavy atom. The molecule has 1 atom stereocenters. The molecule has 1 aliphatic heterocycles. The van der Waals surface area contributed by atoms with Crippen LogP contribution in [0.4, 0.5) is 14.5 Å². The Hall–Kier alpha value is -2.52. The van der Waals surface area contributed by atoms with Crippen molar-refractivity contribution in [2.45, 2.75) is 42.4 Å². The van der Waals surface area contributed by atoms with Gasteiger partial charge in [0.1, 0.15) is 5.75 Å². The average Bonchev–Trinajstić information content (AvgIpc) is 2.99. The van der Waals surface area contributed by atoms with E-state index in [4.69, 9.17) is 4.74 Å². The summed E-state index contributed by atoms with van der Waals surface area (Å²) >= 11 is 0. The van der Waals surface area contributed by atoms with Crippen molar-refractivity contribution >= 4 is 21.4 Å². The summed E-state index contributed by atoms with van der Waals surface area (Å²) in [5, 5.41) is 2.72. The SMILES string of the molecule is COc1ccc([C@@H]2CCCCCN2CC(=O)Nc2ccc(S(=O)(=O)C(F)F)cc2)cc1. The fourth-order valence-corrected chi connectivity index (χ4v) is 4.50. The molecule has 1 amide bonds. The zero-order valence-corrected chi connectivity index (χ0v) is 18.1. The molecule has 0 bridgehead atoms. The predicted molar refractivity (Wildman–Crippen MR) is 114 cm³/mol. The fourth-order valence-electron chi connectivity index (χ4n) is 3.78. The normalized spacial score (nSPS) is 17.9. The van der Waals surface area contributed by atoms with Crippen LogP contribution in [0.25, 0.3) is 0 Å². The van der Waals surface area contributed by atoms with Crippen LogP contribution in [0.5, 0.6) is 5.75 Å². The van der Waals surface area contributed by atoms with Crippen LogP contribution in [0.3, 0.4) is 0 Å². The number of alkyl halides is 2. The van der Waals surface area contributed by atoms with Crippen molar-refractivity contribution < 1.29 is 26.7 Å². The third kappa shape index (κ3) is 5.80. The second-order valence-electron chi connectivity index (χ2n) is 7.49. The third-order valence-electron chi connectivity index (χ3n) is 5.41. The van der Waals surface area contributed by atoms with Gasteiger partial charge in [-0.3, -0.25) is 9.69 Å². The van der Waals surface area contributed by atoms with E-state index in [2.05, 4.69) is 10.2 Å². The smallest absolute Gasteiger partial charge is 0.341 e. The van der Waals surface area contributed by atoms with Crippen LogP contribution < -0.4 is 10.1 Å². The summed E-state index contributed by atoms with van der Waals surface area (Å²) in [6.07, 6.45) is 4.12. The van der Waals surface area contributed by atoms with Gasteiger partial charge in [0.05, 0.1) is 18.6 Å². The van der Waals surface area contributed by atoms with Gasteiger partial charge in [-0.05, 0) is 61.3 Å². The molecule has 168 valence electrons. The van der Waals surface area contributed by atoms with Crippen LogP contribution in [-0.4, -0.2) is 45.2 Å². The largest absolute Gasteiger partial charge is 0.497 e. The lowest BCUT2D eigenvalue weighted by atomic mass is 10.0. The molecule has 6 nitrogen and oxygen atoms in total. The average molecular weight is 453 g/mol. The highest BCUT2D eigenvalue weighted by atomic mass is 32.2. The summed E-state index contributed by atoms with van der Waals surface area (Å²) in [5.41, 5.74) is 1.48. The highest BCUT2D eigenvalue weighted by molar-refractivity contribution is 7.91. The first-order valence-electron chi connectivity index (χ1n) is 10.1. The van der Waals surface area contributed by atoms with Crippen molar-refractivity contribution in [3.8, 4) is 5.75 Å². The molecular weight excluding hydrogens is 426 g/mol. The lowest BCUT2D eigenvalue weighted by Crippen LogP contribution is -2.36. The molecule has 31 heavy (non-hydrogen) atoms. The van der Waals surface area contributed by atoms with Crippen LogP contribution in [0.15, 0.2) is 53.4 Å². The quantitative estimate of drug-likeness (QED) is 0.680. The molecule has 1 heterocycles. The first-order valence-corrected chi connectivity index (χ1v) is 11.7. The Morgan fingerprint density at radius 3 is 2.39 bits per heavy atom. The number of carbonyl (C=O) groups is 1. The molecule has 0 aliphatic carbocycles. The molecule has 9 heteroatoms. The number of hydrogen-bond acceptors (Lipinski definition) is 5. The van der Waals surface area contributed by atoms with Gasteiger partial charge in [-0.15, -0.1) is 0 Å². The van der Waals surface area contributed by atoms with Gasteiger partial charge in [0, 0.05) is 11.7 Å². The topological polar surface area (TPSA) is 75.7 Å². The van der Waals surface area contributed by atoms with Crippen molar-refractivity contribution in [1.82, 2.24) is 4.90 Å². The van der Waals surface area contributed by atoms with Crippen molar-refractivity contribution in [2.24, 2.45) is 0 Å². The zero-order chi connectivity index (χ0) is 22.4. The number of rotatable bonds is 7. The van der Waals surface area contributed by atoms with E-state index in [-0.39, 0.29) is 18.5 Å². The summed E-state index contributed by atoms with van der Waals surface area (Å²) in [5.74, 6) is -2.95. The Morgan fingerprint density at radius 2 is 1.77 bits per heavy atom. The van der Waals surface area contributed by atoms with E-state index in [1.54, 1.807) is 7.11 Å². The maximum atomic E-state index is 12.7. The first-order chi connectivity index (χ1) is 14.8. The van der Waals surface area contributed by atoms with Gasteiger partial charge < -0.3 is 10.1 Å². The number of nitrogens with zero attached hydrogens (tertiary/aromatic N) is 1.